The maximum Gasteiger partial charge on any atom is 0.193 e. The topological polar surface area (TPSA) is 97.3 Å². The van der Waals surface area contributed by atoms with Gasteiger partial charge in [0.05, 0.1) is 5.02 Å². The molecule has 0 atom stereocenters. The fourth-order valence-corrected chi connectivity index (χ4v) is 2.21. The van der Waals surface area contributed by atoms with E-state index in [1.54, 1.807) is 24.5 Å². The maximum absolute atomic E-state index is 8.65. The molecule has 3 N–H and O–H groups in total. The molecule has 0 aromatic carbocycles. The summed E-state index contributed by atoms with van der Waals surface area (Å²) in [7, 11) is 0. The number of nitrogens with two attached hydrogens (primary N) is 1. The van der Waals surface area contributed by atoms with Crippen LogP contribution >= 0.6 is 23.4 Å². The van der Waals surface area contributed by atoms with Crippen LogP contribution in [-0.2, 0) is 0 Å². The van der Waals surface area contributed by atoms with Gasteiger partial charge in [0.2, 0.25) is 0 Å². The van der Waals surface area contributed by atoms with E-state index in [4.69, 9.17) is 22.5 Å². The number of aromatic nitrogens is 3. The summed E-state index contributed by atoms with van der Waals surface area (Å²) in [5.41, 5.74) is 5.91. The van der Waals surface area contributed by atoms with Crippen LogP contribution in [0.4, 0.5) is 0 Å². The molecule has 0 amide bonds. The Morgan fingerprint density at radius 3 is 2.67 bits per heavy atom. The monoisotopic (exact) mass is 281 g/mol. The number of halogens is 1. The van der Waals surface area contributed by atoms with Crippen molar-refractivity contribution < 1.29 is 5.21 Å². The second-order valence-electron chi connectivity index (χ2n) is 3.10. The summed E-state index contributed by atoms with van der Waals surface area (Å²) in [4.78, 5) is 12.2. The van der Waals surface area contributed by atoms with Crippen molar-refractivity contribution in [3.05, 3.63) is 41.3 Å². The molecular weight excluding hydrogens is 274 g/mol. The first-order valence-electron chi connectivity index (χ1n) is 4.79. The highest BCUT2D eigenvalue weighted by molar-refractivity contribution is 7.99. The van der Waals surface area contributed by atoms with E-state index in [1.807, 2.05) is 0 Å². The van der Waals surface area contributed by atoms with Crippen LogP contribution in [0.1, 0.15) is 5.56 Å². The Morgan fingerprint density at radius 2 is 2.00 bits per heavy atom. The standard InChI is InChI=1S/C10H8ClN5OS/c11-7-6(8(12)16-17)2-5-13-9(7)18-10-14-3-1-4-15-10/h1-5,17H,(H2,12,16). The lowest BCUT2D eigenvalue weighted by atomic mass is 10.2. The zero-order chi connectivity index (χ0) is 13.0. The fraction of sp³-hybridized carbons (Fsp3) is 0. The summed E-state index contributed by atoms with van der Waals surface area (Å²) in [5, 5.41) is 12.9. The normalized spacial score (nSPS) is 11.5. The first kappa shape index (κ1) is 12.6. The summed E-state index contributed by atoms with van der Waals surface area (Å²) >= 11 is 7.32. The van der Waals surface area contributed by atoms with E-state index < -0.39 is 0 Å². The Balaban J connectivity index is 2.35. The molecule has 92 valence electrons. The fourth-order valence-electron chi connectivity index (χ4n) is 1.17. The molecule has 6 nitrogen and oxygen atoms in total. The van der Waals surface area contributed by atoms with Crippen LogP contribution in [-0.4, -0.2) is 26.0 Å². The predicted molar refractivity (Wildman–Crippen MR) is 67.9 cm³/mol. The molecule has 0 saturated heterocycles. The summed E-state index contributed by atoms with van der Waals surface area (Å²) in [5.74, 6) is -0.0711. The molecule has 0 radical (unpaired) electrons. The van der Waals surface area contributed by atoms with E-state index in [0.29, 0.717) is 20.8 Å². The van der Waals surface area contributed by atoms with Gasteiger partial charge in [0.1, 0.15) is 5.03 Å². The number of hydrogen-bond acceptors (Lipinski definition) is 6. The van der Waals surface area contributed by atoms with Crippen molar-refractivity contribution in [3.8, 4) is 0 Å². The molecule has 2 rings (SSSR count). The van der Waals surface area contributed by atoms with E-state index in [2.05, 4.69) is 20.1 Å². The molecule has 0 spiro atoms. The largest absolute Gasteiger partial charge is 0.409 e. The number of hydrogen-bond donors (Lipinski definition) is 2. The van der Waals surface area contributed by atoms with Crippen LogP contribution in [0.25, 0.3) is 0 Å². The Morgan fingerprint density at radius 1 is 1.28 bits per heavy atom. The molecule has 18 heavy (non-hydrogen) atoms. The third kappa shape index (κ3) is 2.69. The molecule has 0 fully saturated rings. The second kappa shape index (κ2) is 5.65. The summed E-state index contributed by atoms with van der Waals surface area (Å²) < 4.78 is 0. The van der Waals surface area contributed by atoms with Gasteiger partial charge in [-0.05, 0) is 23.9 Å². The molecular formula is C10H8ClN5OS. The van der Waals surface area contributed by atoms with Crippen LogP contribution in [0.5, 0.6) is 0 Å². The van der Waals surface area contributed by atoms with Crippen molar-refractivity contribution in [2.24, 2.45) is 10.9 Å². The van der Waals surface area contributed by atoms with Crippen molar-refractivity contribution >= 4 is 29.2 Å². The minimum atomic E-state index is -0.0711. The summed E-state index contributed by atoms with van der Waals surface area (Å²) in [6, 6.07) is 3.28. The highest BCUT2D eigenvalue weighted by atomic mass is 35.5. The van der Waals surface area contributed by atoms with Crippen molar-refractivity contribution in [1.82, 2.24) is 15.0 Å². The number of rotatable bonds is 3. The van der Waals surface area contributed by atoms with Gasteiger partial charge in [-0.1, -0.05) is 16.8 Å². The van der Waals surface area contributed by atoms with Crippen LogP contribution in [0.2, 0.25) is 5.02 Å². The molecule has 2 aromatic rings. The van der Waals surface area contributed by atoms with Crippen molar-refractivity contribution in [1.29, 1.82) is 0 Å². The van der Waals surface area contributed by atoms with Crippen LogP contribution in [0.3, 0.4) is 0 Å². The summed E-state index contributed by atoms with van der Waals surface area (Å²) in [6.07, 6.45) is 4.76. The number of nitrogens with zero attached hydrogens (tertiary/aromatic N) is 4. The molecule has 0 bridgehead atoms. The second-order valence-corrected chi connectivity index (χ2v) is 4.43. The number of pyridine rings is 1. The van der Waals surface area contributed by atoms with Gasteiger partial charge in [0.15, 0.2) is 11.0 Å². The zero-order valence-electron chi connectivity index (χ0n) is 8.99. The van der Waals surface area contributed by atoms with Gasteiger partial charge in [-0.3, -0.25) is 0 Å². The van der Waals surface area contributed by atoms with Crippen LogP contribution in [0, 0.1) is 0 Å². The zero-order valence-corrected chi connectivity index (χ0v) is 10.6. The lowest BCUT2D eigenvalue weighted by Gasteiger charge is -2.05. The van der Waals surface area contributed by atoms with E-state index in [9.17, 15) is 0 Å². The molecule has 0 saturated carbocycles. The Bertz CT molecular complexity index is 578. The van der Waals surface area contributed by atoms with Gasteiger partial charge in [-0.25, -0.2) is 15.0 Å². The smallest absolute Gasteiger partial charge is 0.193 e. The molecule has 2 aromatic heterocycles. The predicted octanol–water partition coefficient (Wildman–Crippen LogP) is 1.77. The van der Waals surface area contributed by atoms with Crippen molar-refractivity contribution in [3.63, 3.8) is 0 Å². The van der Waals surface area contributed by atoms with Gasteiger partial charge in [-0.2, -0.15) is 0 Å². The van der Waals surface area contributed by atoms with Gasteiger partial charge < -0.3 is 10.9 Å². The van der Waals surface area contributed by atoms with Gasteiger partial charge in [0, 0.05) is 24.2 Å². The van der Waals surface area contributed by atoms with Crippen LogP contribution < -0.4 is 5.73 Å². The minimum absolute atomic E-state index is 0.0711. The average Bonchev–Trinajstić information content (AvgIpc) is 2.41. The molecule has 2 heterocycles. The highest BCUT2D eigenvalue weighted by Crippen LogP contribution is 2.31. The Hall–Kier alpha value is -1.86. The van der Waals surface area contributed by atoms with Crippen molar-refractivity contribution in [2.45, 2.75) is 10.2 Å². The number of oxime groups is 1. The van der Waals surface area contributed by atoms with Gasteiger partial charge in [-0.15, -0.1) is 0 Å². The molecule has 0 aliphatic rings. The highest BCUT2D eigenvalue weighted by Gasteiger charge is 2.13. The van der Waals surface area contributed by atoms with E-state index >= 15 is 0 Å². The first-order valence-corrected chi connectivity index (χ1v) is 5.99. The quantitative estimate of drug-likeness (QED) is 0.293. The van der Waals surface area contributed by atoms with Gasteiger partial charge >= 0.3 is 0 Å². The average molecular weight is 282 g/mol. The van der Waals surface area contributed by atoms with Crippen LogP contribution in [0.15, 0.2) is 46.1 Å². The van der Waals surface area contributed by atoms with E-state index in [1.165, 1.54) is 18.0 Å². The van der Waals surface area contributed by atoms with E-state index in [-0.39, 0.29) is 5.84 Å². The van der Waals surface area contributed by atoms with E-state index in [0.717, 1.165) is 0 Å². The lowest BCUT2D eigenvalue weighted by molar-refractivity contribution is 0.318. The third-order valence-corrected chi connectivity index (χ3v) is 3.36. The third-order valence-electron chi connectivity index (χ3n) is 1.97. The molecule has 0 aliphatic heterocycles. The Kier molecular flexibility index (Phi) is 3.96. The molecule has 0 aliphatic carbocycles. The SMILES string of the molecule is N/C(=N/O)c1ccnc(Sc2ncccn2)c1Cl. The van der Waals surface area contributed by atoms with Gasteiger partial charge in [0.25, 0.3) is 0 Å². The maximum atomic E-state index is 8.65. The van der Waals surface area contributed by atoms with Crippen molar-refractivity contribution in [2.75, 3.05) is 0 Å². The Labute approximate surface area is 112 Å². The first-order chi connectivity index (χ1) is 8.72. The molecule has 8 heteroatoms. The lowest BCUT2D eigenvalue weighted by Crippen LogP contribution is -2.14. The minimum Gasteiger partial charge on any atom is -0.409 e. The molecule has 0 unspecified atom stereocenters. The number of amidine groups is 1. The summed E-state index contributed by atoms with van der Waals surface area (Å²) in [6.45, 7) is 0.